The van der Waals surface area contributed by atoms with Gasteiger partial charge >= 0.3 is 0 Å². The van der Waals surface area contributed by atoms with Crippen LogP contribution in [0.25, 0.3) is 0 Å². The van der Waals surface area contributed by atoms with Gasteiger partial charge in [0.1, 0.15) is 30.0 Å². The monoisotopic (exact) mass is 521 g/mol. The minimum atomic E-state index is -1.07. The number of benzene rings is 3. The van der Waals surface area contributed by atoms with Gasteiger partial charge in [-0.05, 0) is 61.3 Å². The lowest BCUT2D eigenvalue weighted by Crippen LogP contribution is -2.25. The molecule has 0 amide bonds. The highest BCUT2D eigenvalue weighted by molar-refractivity contribution is 7.99. The molecule has 0 aromatic heterocycles. The van der Waals surface area contributed by atoms with Crippen molar-refractivity contribution in [3.8, 4) is 23.0 Å². The first-order valence-electron chi connectivity index (χ1n) is 11.3. The van der Waals surface area contributed by atoms with Crippen molar-refractivity contribution in [1.29, 1.82) is 0 Å². The average molecular weight is 522 g/mol. The van der Waals surface area contributed by atoms with Crippen LogP contribution in [0.2, 0.25) is 0 Å². The van der Waals surface area contributed by atoms with Gasteiger partial charge in [-0.2, -0.15) is 0 Å². The molecule has 0 unspecified atom stereocenters. The fraction of sp³-hybridized carbons (Fsp3) is 0.308. The molecule has 2 aliphatic rings. The zero-order chi connectivity index (χ0) is 23.7. The molecule has 35 heavy (non-hydrogen) atoms. The highest BCUT2D eigenvalue weighted by atomic mass is 35.5. The van der Waals surface area contributed by atoms with Crippen LogP contribution in [0.4, 0.5) is 8.78 Å². The van der Waals surface area contributed by atoms with Crippen LogP contribution in [0.5, 0.6) is 23.0 Å². The summed E-state index contributed by atoms with van der Waals surface area (Å²) in [6, 6.07) is 15.1. The van der Waals surface area contributed by atoms with Gasteiger partial charge in [-0.1, -0.05) is 24.3 Å². The maximum absolute atomic E-state index is 14.7. The van der Waals surface area contributed by atoms with Crippen molar-refractivity contribution in [2.45, 2.75) is 29.1 Å². The van der Waals surface area contributed by atoms with Crippen LogP contribution in [-0.2, 0) is 0 Å². The topological polar surface area (TPSA) is 62.2 Å². The molecule has 2 N–H and O–H groups in total. The first-order chi connectivity index (χ1) is 16.5. The second kappa shape index (κ2) is 10.9. The van der Waals surface area contributed by atoms with E-state index in [2.05, 4.69) is 4.90 Å². The molecule has 1 saturated heterocycles. The lowest BCUT2D eigenvalue weighted by molar-refractivity contribution is 0.186. The van der Waals surface area contributed by atoms with Crippen molar-refractivity contribution in [2.75, 3.05) is 26.2 Å². The van der Waals surface area contributed by atoms with Gasteiger partial charge < -0.3 is 19.7 Å². The number of likely N-dealkylation sites (tertiary alicyclic amines) is 1. The number of aromatic hydroxyl groups is 2. The predicted octanol–water partition coefficient (Wildman–Crippen LogP) is 6.24. The van der Waals surface area contributed by atoms with E-state index in [0.717, 1.165) is 54.3 Å². The zero-order valence-electron chi connectivity index (χ0n) is 18.8. The Bertz CT molecular complexity index is 1160. The Morgan fingerprint density at radius 1 is 0.971 bits per heavy atom. The highest BCUT2D eigenvalue weighted by Gasteiger charge is 2.36. The third-order valence-corrected chi connectivity index (χ3v) is 7.58. The Labute approximate surface area is 213 Å². The van der Waals surface area contributed by atoms with Gasteiger partial charge in [-0.25, -0.2) is 8.78 Å². The number of phenolic OH excluding ortho intramolecular Hbond substituents is 2. The number of nitrogens with zero attached hydrogens (tertiary/aromatic N) is 1. The Kier molecular flexibility index (Phi) is 7.94. The van der Waals surface area contributed by atoms with Crippen molar-refractivity contribution in [1.82, 2.24) is 4.90 Å². The standard InChI is InChI=1S/C26H25F2NO4S.ClH/c27-20-15-21-26(22(28)23(20)31)34-25(17-3-7-18(30)8-4-17)24(33-21)16-5-9-19(10-6-16)32-14-13-29-11-1-2-12-29;/h3-10,15,24-25,30-31H,1-2,11-14H2;1H/t24-,25+;/m0./s1. The predicted molar refractivity (Wildman–Crippen MR) is 133 cm³/mol. The smallest absolute Gasteiger partial charge is 0.189 e. The zero-order valence-corrected chi connectivity index (χ0v) is 20.5. The molecule has 2 atom stereocenters. The maximum atomic E-state index is 14.7. The summed E-state index contributed by atoms with van der Waals surface area (Å²) in [5, 5.41) is 19.0. The van der Waals surface area contributed by atoms with E-state index in [1.807, 2.05) is 24.3 Å². The van der Waals surface area contributed by atoms with Crippen LogP contribution < -0.4 is 9.47 Å². The van der Waals surface area contributed by atoms with E-state index < -0.39 is 28.7 Å². The Morgan fingerprint density at radius 3 is 2.31 bits per heavy atom. The lowest BCUT2D eigenvalue weighted by Gasteiger charge is -2.34. The molecule has 1 fully saturated rings. The summed E-state index contributed by atoms with van der Waals surface area (Å²) in [7, 11) is 0. The molecular weight excluding hydrogens is 496 g/mol. The highest BCUT2D eigenvalue weighted by Crippen LogP contribution is 2.55. The van der Waals surface area contributed by atoms with Gasteiger partial charge in [-0.3, -0.25) is 4.90 Å². The van der Waals surface area contributed by atoms with E-state index in [1.54, 1.807) is 24.3 Å². The number of hydrogen-bond donors (Lipinski definition) is 2. The van der Waals surface area contributed by atoms with Gasteiger partial charge in [-0.15, -0.1) is 24.2 Å². The molecule has 5 rings (SSSR count). The second-order valence-electron chi connectivity index (χ2n) is 8.48. The van der Waals surface area contributed by atoms with Gasteiger partial charge in [0.05, 0.1) is 10.1 Å². The fourth-order valence-corrected chi connectivity index (χ4v) is 5.66. The molecule has 0 bridgehead atoms. The van der Waals surface area contributed by atoms with Gasteiger partial charge in [0, 0.05) is 12.6 Å². The van der Waals surface area contributed by atoms with E-state index in [4.69, 9.17) is 9.47 Å². The average Bonchev–Trinajstić information content (AvgIpc) is 3.37. The molecule has 0 spiro atoms. The first-order valence-corrected chi connectivity index (χ1v) is 12.2. The lowest BCUT2D eigenvalue weighted by atomic mass is 10.00. The number of fused-ring (bicyclic) bond motifs is 1. The van der Waals surface area contributed by atoms with Crippen LogP contribution in [-0.4, -0.2) is 41.4 Å². The first kappa shape index (κ1) is 25.4. The van der Waals surface area contributed by atoms with E-state index in [0.29, 0.717) is 6.61 Å². The molecule has 186 valence electrons. The van der Waals surface area contributed by atoms with Gasteiger partial charge in [0.2, 0.25) is 0 Å². The van der Waals surface area contributed by atoms with Crippen LogP contribution in [0.1, 0.15) is 35.3 Å². The summed E-state index contributed by atoms with van der Waals surface area (Å²) in [5.74, 6) is -2.22. The Balaban J connectivity index is 0.00000289. The Morgan fingerprint density at radius 2 is 1.63 bits per heavy atom. The summed E-state index contributed by atoms with van der Waals surface area (Å²) < 4.78 is 40.7. The van der Waals surface area contributed by atoms with Crippen molar-refractivity contribution < 1.29 is 28.5 Å². The molecule has 5 nitrogen and oxygen atoms in total. The van der Waals surface area contributed by atoms with Crippen molar-refractivity contribution in [3.05, 3.63) is 77.4 Å². The van der Waals surface area contributed by atoms with E-state index in [1.165, 1.54) is 12.8 Å². The summed E-state index contributed by atoms with van der Waals surface area (Å²) >= 11 is 1.16. The molecular formula is C26H26ClF2NO4S. The maximum Gasteiger partial charge on any atom is 0.189 e. The van der Waals surface area contributed by atoms with Crippen molar-refractivity contribution in [2.24, 2.45) is 0 Å². The molecule has 0 saturated carbocycles. The molecule has 2 aliphatic heterocycles. The minimum Gasteiger partial charge on any atom is -0.508 e. The Hall–Kier alpha value is -2.68. The number of ether oxygens (including phenoxy) is 2. The van der Waals surface area contributed by atoms with E-state index >= 15 is 0 Å². The number of halogens is 3. The molecule has 0 radical (unpaired) electrons. The summed E-state index contributed by atoms with van der Waals surface area (Å²) in [6.45, 7) is 3.75. The van der Waals surface area contributed by atoms with Crippen molar-refractivity contribution >= 4 is 24.2 Å². The summed E-state index contributed by atoms with van der Waals surface area (Å²) in [5.41, 5.74) is 1.62. The number of thioether (sulfide) groups is 1. The largest absolute Gasteiger partial charge is 0.508 e. The normalized spacial score (nSPS) is 19.5. The molecule has 3 aromatic carbocycles. The molecule has 2 heterocycles. The van der Waals surface area contributed by atoms with Crippen LogP contribution in [0.15, 0.2) is 59.5 Å². The SMILES string of the molecule is Cl.Oc1ccc([C@H]2Sc3c(cc(F)c(O)c3F)O[C@H]2c2ccc(OCCN3CCCC3)cc2)cc1. The second-order valence-corrected chi connectivity index (χ2v) is 9.63. The van der Waals surface area contributed by atoms with Gasteiger partial charge in [0.15, 0.2) is 17.4 Å². The third kappa shape index (κ3) is 5.44. The molecule has 3 aromatic rings. The number of rotatable bonds is 6. The van der Waals surface area contributed by atoms with E-state index in [9.17, 15) is 19.0 Å². The minimum absolute atomic E-state index is 0. The van der Waals surface area contributed by atoms with Crippen LogP contribution in [0, 0.1) is 11.6 Å². The summed E-state index contributed by atoms with van der Waals surface area (Å²) in [6.07, 6.45) is 1.93. The molecule has 0 aliphatic carbocycles. The third-order valence-electron chi connectivity index (χ3n) is 6.19. The number of hydrogen-bond acceptors (Lipinski definition) is 6. The number of phenols is 2. The quantitative estimate of drug-likeness (QED) is 0.400. The van der Waals surface area contributed by atoms with Crippen LogP contribution >= 0.6 is 24.2 Å². The van der Waals surface area contributed by atoms with Gasteiger partial charge in [0.25, 0.3) is 0 Å². The fourth-order valence-electron chi connectivity index (χ4n) is 4.36. The van der Waals surface area contributed by atoms with E-state index in [-0.39, 0.29) is 28.8 Å². The van der Waals surface area contributed by atoms with Crippen molar-refractivity contribution in [3.63, 3.8) is 0 Å². The summed E-state index contributed by atoms with van der Waals surface area (Å²) in [4.78, 5) is 2.44. The molecule has 9 heteroatoms. The van der Waals surface area contributed by atoms with Crippen LogP contribution in [0.3, 0.4) is 0 Å².